The van der Waals surface area contributed by atoms with Crippen molar-refractivity contribution in [1.82, 2.24) is 4.98 Å². The molecule has 0 unspecified atom stereocenters. The first-order valence-electron chi connectivity index (χ1n) is 4.53. The Bertz CT molecular complexity index is 528. The van der Waals surface area contributed by atoms with Gasteiger partial charge in [-0.25, -0.2) is 4.79 Å². The highest BCUT2D eigenvalue weighted by Gasteiger charge is 2.17. The number of aromatic carboxylic acids is 1. The highest BCUT2D eigenvalue weighted by molar-refractivity contribution is 5.99. The molecule has 1 heterocycles. The van der Waals surface area contributed by atoms with Crippen LogP contribution in [0.5, 0.6) is 5.75 Å². The van der Waals surface area contributed by atoms with Gasteiger partial charge in [0.25, 0.3) is 0 Å². The number of aromatic nitrogens is 1. The summed E-state index contributed by atoms with van der Waals surface area (Å²) in [4.78, 5) is 14.1. The topological polar surface area (TPSA) is 62.3 Å². The summed E-state index contributed by atoms with van der Waals surface area (Å²) >= 11 is 0. The number of carboxylic acid groups (broad SMARTS) is 1. The van der Waals surface area contributed by atoms with Crippen LogP contribution in [0.25, 0.3) is 10.9 Å². The fraction of sp³-hybridized carbons (Fsp3) is 0.182. The van der Waals surface area contributed by atoms with Gasteiger partial charge in [0.15, 0.2) is 0 Å². The molecule has 15 heavy (non-hydrogen) atoms. The van der Waals surface area contributed by atoms with Gasteiger partial charge in [-0.2, -0.15) is 0 Å². The van der Waals surface area contributed by atoms with E-state index >= 15 is 0 Å². The lowest BCUT2D eigenvalue weighted by Crippen LogP contribution is -2.03. The quantitative estimate of drug-likeness (QED) is 0.789. The normalized spacial score (nSPS) is 10.5. The molecule has 0 atom stereocenters. The number of fused-ring (bicyclic) bond motifs is 1. The molecule has 4 nitrogen and oxygen atoms in total. The van der Waals surface area contributed by atoms with E-state index in [0.29, 0.717) is 11.3 Å². The van der Waals surface area contributed by atoms with E-state index in [9.17, 15) is 4.79 Å². The lowest BCUT2D eigenvalue weighted by Gasteiger charge is -2.08. The molecule has 0 amide bonds. The smallest absolute Gasteiger partial charge is 0.339 e. The van der Waals surface area contributed by atoms with Gasteiger partial charge in [0.1, 0.15) is 11.3 Å². The van der Waals surface area contributed by atoms with Crippen LogP contribution in [0.15, 0.2) is 18.3 Å². The molecule has 0 aliphatic rings. The van der Waals surface area contributed by atoms with Crippen LogP contribution in [-0.4, -0.2) is 23.2 Å². The number of benzene rings is 1. The molecule has 2 rings (SSSR count). The summed E-state index contributed by atoms with van der Waals surface area (Å²) in [5.74, 6) is -0.576. The molecule has 0 aliphatic carbocycles. The number of rotatable bonds is 2. The molecular formula is C11H11NO3. The van der Waals surface area contributed by atoms with Crippen LogP contribution in [0.2, 0.25) is 0 Å². The third-order valence-electron chi connectivity index (χ3n) is 2.50. The Morgan fingerprint density at radius 2 is 2.27 bits per heavy atom. The second-order valence-electron chi connectivity index (χ2n) is 3.33. The number of carbonyl (C=O) groups is 1. The number of ether oxygens (including phenoxy) is 1. The summed E-state index contributed by atoms with van der Waals surface area (Å²) in [6.07, 6.45) is 1.78. The Balaban J connectivity index is 2.85. The molecule has 0 spiro atoms. The van der Waals surface area contributed by atoms with Crippen molar-refractivity contribution < 1.29 is 14.6 Å². The van der Waals surface area contributed by atoms with E-state index in [0.717, 1.165) is 10.9 Å². The van der Waals surface area contributed by atoms with E-state index in [2.05, 4.69) is 4.98 Å². The number of carboxylic acids is 1. The van der Waals surface area contributed by atoms with Gasteiger partial charge in [-0.3, -0.25) is 0 Å². The number of hydrogen-bond donors (Lipinski definition) is 2. The Morgan fingerprint density at radius 3 is 2.87 bits per heavy atom. The Morgan fingerprint density at radius 1 is 1.53 bits per heavy atom. The number of methoxy groups -OCH3 is 1. The first-order valence-corrected chi connectivity index (χ1v) is 4.53. The Labute approximate surface area is 86.5 Å². The monoisotopic (exact) mass is 205 g/mol. The van der Waals surface area contributed by atoms with E-state index in [-0.39, 0.29) is 5.56 Å². The van der Waals surface area contributed by atoms with Crippen molar-refractivity contribution in [3.8, 4) is 5.75 Å². The van der Waals surface area contributed by atoms with Crippen LogP contribution < -0.4 is 4.74 Å². The maximum atomic E-state index is 11.1. The lowest BCUT2D eigenvalue weighted by molar-refractivity contribution is 0.0692. The average molecular weight is 205 g/mol. The molecule has 4 heteroatoms. The summed E-state index contributed by atoms with van der Waals surface area (Å²) in [6.45, 7) is 1.77. The Kier molecular flexibility index (Phi) is 2.11. The standard InChI is InChI=1S/C11H11NO3/c1-6-9(11(13)14)8(15-2)5-7-3-4-12-10(6)7/h3-5,12H,1-2H3,(H,13,14). The first kappa shape index (κ1) is 9.58. The summed E-state index contributed by atoms with van der Waals surface area (Å²) in [6, 6.07) is 3.61. The highest BCUT2D eigenvalue weighted by Crippen LogP contribution is 2.29. The van der Waals surface area contributed by atoms with Crippen molar-refractivity contribution in [3.05, 3.63) is 29.5 Å². The van der Waals surface area contributed by atoms with E-state index in [1.807, 2.05) is 6.07 Å². The van der Waals surface area contributed by atoms with Crippen LogP contribution in [0.3, 0.4) is 0 Å². The maximum Gasteiger partial charge on any atom is 0.339 e. The van der Waals surface area contributed by atoms with Gasteiger partial charge in [-0.05, 0) is 24.6 Å². The fourth-order valence-corrected chi connectivity index (χ4v) is 1.78. The zero-order chi connectivity index (χ0) is 11.0. The van der Waals surface area contributed by atoms with E-state index < -0.39 is 5.97 Å². The minimum absolute atomic E-state index is 0.215. The van der Waals surface area contributed by atoms with Crippen molar-refractivity contribution in [1.29, 1.82) is 0 Å². The average Bonchev–Trinajstić information content (AvgIpc) is 2.64. The van der Waals surface area contributed by atoms with E-state index in [4.69, 9.17) is 9.84 Å². The molecule has 0 saturated heterocycles. The third-order valence-corrected chi connectivity index (χ3v) is 2.50. The van der Waals surface area contributed by atoms with Crippen molar-refractivity contribution in [2.75, 3.05) is 7.11 Å². The Hall–Kier alpha value is -1.97. The predicted octanol–water partition coefficient (Wildman–Crippen LogP) is 2.18. The van der Waals surface area contributed by atoms with Crippen LogP contribution in [0.1, 0.15) is 15.9 Å². The van der Waals surface area contributed by atoms with Gasteiger partial charge >= 0.3 is 5.97 Å². The molecule has 1 aromatic carbocycles. The van der Waals surface area contributed by atoms with Gasteiger partial charge in [0.2, 0.25) is 0 Å². The maximum absolute atomic E-state index is 11.1. The SMILES string of the molecule is COc1cc2cc[nH]c2c(C)c1C(=O)O. The van der Waals surface area contributed by atoms with Crippen LogP contribution >= 0.6 is 0 Å². The van der Waals surface area contributed by atoms with Crippen molar-refractivity contribution in [2.24, 2.45) is 0 Å². The molecule has 2 aromatic rings. The first-order chi connectivity index (χ1) is 7.15. The van der Waals surface area contributed by atoms with Gasteiger partial charge in [-0.15, -0.1) is 0 Å². The summed E-state index contributed by atoms with van der Waals surface area (Å²) < 4.78 is 5.07. The minimum Gasteiger partial charge on any atom is -0.496 e. The molecule has 0 aliphatic heterocycles. The minimum atomic E-state index is -0.971. The molecule has 0 radical (unpaired) electrons. The summed E-state index contributed by atoms with van der Waals surface area (Å²) in [5, 5.41) is 10.0. The molecule has 1 aromatic heterocycles. The molecular weight excluding hydrogens is 194 g/mol. The van der Waals surface area contributed by atoms with Crippen LogP contribution in [0, 0.1) is 6.92 Å². The van der Waals surface area contributed by atoms with Gasteiger partial charge in [0.05, 0.1) is 7.11 Å². The second-order valence-corrected chi connectivity index (χ2v) is 3.33. The number of aryl methyl sites for hydroxylation is 1. The fourth-order valence-electron chi connectivity index (χ4n) is 1.78. The van der Waals surface area contributed by atoms with Gasteiger partial charge in [0, 0.05) is 17.1 Å². The second kappa shape index (κ2) is 3.31. The van der Waals surface area contributed by atoms with Crippen molar-refractivity contribution in [3.63, 3.8) is 0 Å². The highest BCUT2D eigenvalue weighted by atomic mass is 16.5. The molecule has 78 valence electrons. The molecule has 2 N–H and O–H groups in total. The van der Waals surface area contributed by atoms with Gasteiger partial charge in [-0.1, -0.05) is 0 Å². The lowest BCUT2D eigenvalue weighted by atomic mass is 10.0. The van der Waals surface area contributed by atoms with Crippen molar-refractivity contribution >= 4 is 16.9 Å². The van der Waals surface area contributed by atoms with Crippen molar-refractivity contribution in [2.45, 2.75) is 6.92 Å². The number of H-pyrrole nitrogens is 1. The zero-order valence-corrected chi connectivity index (χ0v) is 8.50. The van der Waals surface area contributed by atoms with Crippen LogP contribution in [0.4, 0.5) is 0 Å². The van der Waals surface area contributed by atoms with Gasteiger partial charge < -0.3 is 14.8 Å². The molecule has 0 saturated carbocycles. The number of hydrogen-bond acceptors (Lipinski definition) is 2. The summed E-state index contributed by atoms with van der Waals surface area (Å²) in [5.41, 5.74) is 1.75. The summed E-state index contributed by atoms with van der Waals surface area (Å²) in [7, 11) is 1.47. The van der Waals surface area contributed by atoms with E-state index in [1.165, 1.54) is 7.11 Å². The zero-order valence-electron chi connectivity index (χ0n) is 8.50. The largest absolute Gasteiger partial charge is 0.496 e. The molecule has 0 bridgehead atoms. The predicted molar refractivity (Wildman–Crippen MR) is 56.5 cm³/mol. The molecule has 0 fully saturated rings. The number of nitrogens with one attached hydrogen (secondary N) is 1. The number of aromatic amines is 1. The van der Waals surface area contributed by atoms with Crippen LogP contribution in [-0.2, 0) is 0 Å². The third kappa shape index (κ3) is 1.34. The van der Waals surface area contributed by atoms with E-state index in [1.54, 1.807) is 19.2 Å².